The van der Waals surface area contributed by atoms with Crippen molar-refractivity contribution in [3.05, 3.63) is 59.9 Å². The Balaban J connectivity index is 2.17. The van der Waals surface area contributed by atoms with E-state index in [1.54, 1.807) is 32.2 Å². The van der Waals surface area contributed by atoms with Crippen LogP contribution in [0.5, 0.6) is 5.75 Å². The van der Waals surface area contributed by atoms with Gasteiger partial charge in [0.2, 0.25) is 21.8 Å². The molecule has 0 saturated heterocycles. The summed E-state index contributed by atoms with van der Waals surface area (Å²) in [5, 5.41) is 2.86. The van der Waals surface area contributed by atoms with E-state index in [4.69, 9.17) is 4.74 Å². The number of hydrogen-bond donors (Lipinski definition) is 1. The summed E-state index contributed by atoms with van der Waals surface area (Å²) in [6.07, 6.45) is 1.14. The van der Waals surface area contributed by atoms with Gasteiger partial charge in [-0.3, -0.25) is 13.9 Å². The van der Waals surface area contributed by atoms with Crippen LogP contribution in [0.3, 0.4) is 0 Å². The number of para-hydroxylation sites is 1. The summed E-state index contributed by atoms with van der Waals surface area (Å²) in [5.74, 6) is -0.305. The standard InChI is InChI=1S/C26H36FN3O5S/c1-19(2)17-28-26(32)20(3)29(18-21-12-14-22(35-4)15-13-21)25(31)11-8-16-30(36(5,33)34)24-10-7-6-9-23(24)27/h6-7,9-10,12-15,19-20H,8,11,16-18H2,1-5H3,(H,28,32)/t20-/m1/s1. The Morgan fingerprint density at radius 1 is 1.06 bits per heavy atom. The molecule has 1 atom stereocenters. The molecule has 2 aromatic carbocycles. The fourth-order valence-electron chi connectivity index (χ4n) is 3.60. The molecule has 2 rings (SSSR count). The number of halogens is 1. The molecular formula is C26H36FN3O5S. The lowest BCUT2D eigenvalue weighted by Gasteiger charge is -2.29. The van der Waals surface area contributed by atoms with E-state index in [0.29, 0.717) is 12.3 Å². The Labute approximate surface area is 213 Å². The van der Waals surface area contributed by atoms with Gasteiger partial charge in [0.1, 0.15) is 17.6 Å². The topological polar surface area (TPSA) is 96.0 Å². The average molecular weight is 522 g/mol. The van der Waals surface area contributed by atoms with Crippen molar-refractivity contribution < 1.29 is 27.1 Å². The highest BCUT2D eigenvalue weighted by atomic mass is 32.2. The Bertz CT molecular complexity index is 1120. The van der Waals surface area contributed by atoms with Crippen molar-refractivity contribution >= 4 is 27.5 Å². The van der Waals surface area contributed by atoms with Gasteiger partial charge in [0, 0.05) is 26.1 Å². The van der Waals surface area contributed by atoms with Gasteiger partial charge in [-0.15, -0.1) is 0 Å². The van der Waals surface area contributed by atoms with Gasteiger partial charge in [0.05, 0.1) is 19.1 Å². The number of nitrogens with zero attached hydrogens (tertiary/aromatic N) is 2. The van der Waals surface area contributed by atoms with Crippen LogP contribution < -0.4 is 14.4 Å². The molecule has 0 aromatic heterocycles. The largest absolute Gasteiger partial charge is 0.497 e. The van der Waals surface area contributed by atoms with Crippen molar-refractivity contribution in [2.75, 3.05) is 30.8 Å². The van der Waals surface area contributed by atoms with Gasteiger partial charge < -0.3 is 15.0 Å². The van der Waals surface area contributed by atoms with Gasteiger partial charge in [0.15, 0.2) is 0 Å². The molecule has 10 heteroatoms. The molecule has 2 amide bonds. The number of rotatable bonds is 13. The predicted octanol–water partition coefficient (Wildman–Crippen LogP) is 3.57. The molecule has 0 unspecified atom stereocenters. The van der Waals surface area contributed by atoms with Gasteiger partial charge in [-0.2, -0.15) is 0 Å². The van der Waals surface area contributed by atoms with E-state index >= 15 is 0 Å². The number of anilines is 1. The van der Waals surface area contributed by atoms with Crippen molar-refractivity contribution in [3.63, 3.8) is 0 Å². The lowest BCUT2D eigenvalue weighted by molar-refractivity contribution is -0.140. The average Bonchev–Trinajstić information content (AvgIpc) is 2.83. The minimum absolute atomic E-state index is 0.0154. The number of methoxy groups -OCH3 is 1. The highest BCUT2D eigenvalue weighted by Crippen LogP contribution is 2.22. The summed E-state index contributed by atoms with van der Waals surface area (Å²) >= 11 is 0. The van der Waals surface area contributed by atoms with E-state index in [1.807, 2.05) is 26.0 Å². The maximum absolute atomic E-state index is 14.3. The first-order valence-corrected chi connectivity index (χ1v) is 13.7. The zero-order chi connectivity index (χ0) is 26.9. The summed E-state index contributed by atoms with van der Waals surface area (Å²) in [4.78, 5) is 27.5. The van der Waals surface area contributed by atoms with Gasteiger partial charge in [-0.1, -0.05) is 38.1 Å². The monoisotopic (exact) mass is 521 g/mol. The zero-order valence-electron chi connectivity index (χ0n) is 21.5. The Kier molecular flexibility index (Phi) is 10.7. The van der Waals surface area contributed by atoms with Crippen molar-refractivity contribution in [1.29, 1.82) is 0 Å². The molecule has 1 N–H and O–H groups in total. The van der Waals surface area contributed by atoms with Gasteiger partial charge in [-0.25, -0.2) is 12.8 Å². The first-order valence-electron chi connectivity index (χ1n) is 11.9. The van der Waals surface area contributed by atoms with Crippen LogP contribution in [0.2, 0.25) is 0 Å². The Morgan fingerprint density at radius 2 is 1.69 bits per heavy atom. The molecule has 198 valence electrons. The molecule has 2 aromatic rings. The summed E-state index contributed by atoms with van der Waals surface area (Å²) in [5.41, 5.74) is 0.751. The summed E-state index contributed by atoms with van der Waals surface area (Å²) in [6, 6.07) is 12.1. The minimum Gasteiger partial charge on any atom is -0.497 e. The third-order valence-electron chi connectivity index (χ3n) is 5.64. The second-order valence-electron chi connectivity index (χ2n) is 9.07. The van der Waals surface area contributed by atoms with Crippen LogP contribution in [0.1, 0.15) is 39.2 Å². The zero-order valence-corrected chi connectivity index (χ0v) is 22.3. The first-order chi connectivity index (χ1) is 16.9. The second-order valence-corrected chi connectivity index (χ2v) is 11.0. The lowest BCUT2D eigenvalue weighted by Crippen LogP contribution is -2.48. The molecule has 0 bridgehead atoms. The molecule has 0 spiro atoms. The highest BCUT2D eigenvalue weighted by Gasteiger charge is 2.27. The fraction of sp³-hybridized carbons (Fsp3) is 0.462. The number of ether oxygens (including phenoxy) is 1. The van der Waals surface area contributed by atoms with Crippen LogP contribution in [0.4, 0.5) is 10.1 Å². The molecule has 0 fully saturated rings. The van der Waals surface area contributed by atoms with Crippen LogP contribution in [0.25, 0.3) is 0 Å². The van der Waals surface area contributed by atoms with Gasteiger partial charge in [-0.05, 0) is 49.1 Å². The maximum Gasteiger partial charge on any atom is 0.242 e. The minimum atomic E-state index is -3.77. The van der Waals surface area contributed by atoms with Crippen molar-refractivity contribution in [3.8, 4) is 5.75 Å². The third-order valence-corrected chi connectivity index (χ3v) is 6.82. The number of amides is 2. The predicted molar refractivity (Wildman–Crippen MR) is 139 cm³/mol. The number of carbonyl (C=O) groups excluding carboxylic acids is 2. The van der Waals surface area contributed by atoms with E-state index in [9.17, 15) is 22.4 Å². The molecule has 0 aliphatic carbocycles. The van der Waals surface area contributed by atoms with Crippen LogP contribution in [0, 0.1) is 11.7 Å². The molecule has 8 nitrogen and oxygen atoms in total. The SMILES string of the molecule is COc1ccc(CN(C(=O)CCCN(c2ccccc2F)S(C)(=O)=O)[C@H](C)C(=O)NCC(C)C)cc1. The summed E-state index contributed by atoms with van der Waals surface area (Å²) < 4.78 is 45.0. The van der Waals surface area contributed by atoms with Crippen molar-refractivity contribution in [2.45, 2.75) is 46.2 Å². The molecule has 0 saturated carbocycles. The van der Waals surface area contributed by atoms with E-state index in [-0.39, 0.29) is 49.4 Å². The lowest BCUT2D eigenvalue weighted by atomic mass is 10.1. The first kappa shape index (κ1) is 29.1. The van der Waals surface area contributed by atoms with Crippen molar-refractivity contribution in [1.82, 2.24) is 10.2 Å². The van der Waals surface area contributed by atoms with Gasteiger partial charge >= 0.3 is 0 Å². The Morgan fingerprint density at radius 3 is 2.25 bits per heavy atom. The molecule has 0 radical (unpaired) electrons. The van der Waals surface area contributed by atoms with Crippen LogP contribution >= 0.6 is 0 Å². The molecule has 0 aliphatic rings. The van der Waals surface area contributed by atoms with Crippen LogP contribution in [-0.2, 0) is 26.2 Å². The third kappa shape index (κ3) is 8.51. The van der Waals surface area contributed by atoms with Crippen LogP contribution in [-0.4, -0.2) is 57.6 Å². The van der Waals surface area contributed by atoms with Gasteiger partial charge in [0.25, 0.3) is 0 Å². The quantitative estimate of drug-likeness (QED) is 0.435. The van der Waals surface area contributed by atoms with E-state index in [0.717, 1.165) is 16.1 Å². The number of hydrogen-bond acceptors (Lipinski definition) is 5. The van der Waals surface area contributed by atoms with E-state index in [1.165, 1.54) is 23.1 Å². The fourth-order valence-corrected chi connectivity index (χ4v) is 4.57. The number of carbonyl (C=O) groups is 2. The summed E-state index contributed by atoms with van der Waals surface area (Å²) in [7, 11) is -2.20. The smallest absolute Gasteiger partial charge is 0.242 e. The van der Waals surface area contributed by atoms with E-state index in [2.05, 4.69) is 5.32 Å². The maximum atomic E-state index is 14.3. The van der Waals surface area contributed by atoms with E-state index < -0.39 is 21.9 Å². The van der Waals surface area contributed by atoms with Crippen LogP contribution in [0.15, 0.2) is 48.5 Å². The number of benzene rings is 2. The molecular weight excluding hydrogens is 485 g/mol. The molecule has 0 aliphatic heterocycles. The van der Waals surface area contributed by atoms with Crippen molar-refractivity contribution in [2.24, 2.45) is 5.92 Å². The normalized spacial score (nSPS) is 12.2. The number of nitrogens with one attached hydrogen (secondary N) is 1. The number of sulfonamides is 1. The Hall–Kier alpha value is -3.14. The molecule has 36 heavy (non-hydrogen) atoms. The second kappa shape index (κ2) is 13.2. The molecule has 0 heterocycles. The summed E-state index contributed by atoms with van der Waals surface area (Å²) in [6.45, 7) is 6.24. The highest BCUT2D eigenvalue weighted by molar-refractivity contribution is 7.92.